The van der Waals surface area contributed by atoms with Crippen LogP contribution >= 0.6 is 0 Å². The van der Waals surface area contributed by atoms with E-state index in [1.165, 1.54) is 12.8 Å². The molecule has 6 heteroatoms. The van der Waals surface area contributed by atoms with Crippen molar-refractivity contribution in [2.75, 3.05) is 6.54 Å². The predicted molar refractivity (Wildman–Crippen MR) is 68.2 cm³/mol. The molecule has 0 aromatic carbocycles. The molecule has 0 aliphatic heterocycles. The summed E-state index contributed by atoms with van der Waals surface area (Å²) < 4.78 is 0.969. The predicted octanol–water partition coefficient (Wildman–Crippen LogP) is 1.36. The molecule has 3 rings (SSSR count). The molecule has 0 saturated heterocycles. The molecular formula is C13H13N5V. The maximum absolute atomic E-state index is 8.55. The topological polar surface area (TPSA) is 77.4 Å². The van der Waals surface area contributed by atoms with Crippen molar-refractivity contribution in [3.63, 3.8) is 0 Å². The molecule has 95 valence electrons. The molecule has 1 aliphatic carbocycles. The normalized spacial score (nSPS) is 14.4. The molecule has 1 aliphatic rings. The van der Waals surface area contributed by atoms with Gasteiger partial charge in [-0.25, -0.2) is 0 Å². The van der Waals surface area contributed by atoms with Gasteiger partial charge in [0.25, 0.3) is 0 Å². The number of fused-ring (bicyclic) bond motifs is 1. The molecule has 2 heterocycles. The van der Waals surface area contributed by atoms with Gasteiger partial charge in [-0.15, -0.1) is 0 Å². The van der Waals surface area contributed by atoms with Gasteiger partial charge in [0.15, 0.2) is 0 Å². The fraction of sp³-hybridized carbons (Fsp3) is 0.385. The summed E-state index contributed by atoms with van der Waals surface area (Å²) in [5.74, 6) is 0.598. The van der Waals surface area contributed by atoms with Gasteiger partial charge in [0.1, 0.15) is 0 Å². The van der Waals surface area contributed by atoms with Crippen LogP contribution in [0.4, 0.5) is 0 Å². The molecule has 1 saturated carbocycles. The fourth-order valence-corrected chi connectivity index (χ4v) is 2.43. The third kappa shape index (κ3) is 2.61. The molecular weight excluding hydrogens is 277 g/mol. The quantitative estimate of drug-likeness (QED) is 0.815. The number of nitrogens with zero attached hydrogens (tertiary/aromatic N) is 3. The molecule has 5 nitrogen and oxygen atoms in total. The van der Waals surface area contributed by atoms with E-state index in [1.54, 1.807) is 0 Å². The van der Waals surface area contributed by atoms with E-state index >= 15 is 0 Å². The summed E-state index contributed by atoms with van der Waals surface area (Å²) >= 11 is 2.50. The van der Waals surface area contributed by atoms with Crippen molar-refractivity contribution >= 4 is 15.5 Å². The van der Waals surface area contributed by atoms with Crippen LogP contribution in [0.2, 0.25) is 0 Å². The van der Waals surface area contributed by atoms with E-state index < -0.39 is 0 Å². The van der Waals surface area contributed by atoms with E-state index in [-0.39, 0.29) is 0 Å². The van der Waals surface area contributed by atoms with Crippen molar-refractivity contribution in [3.8, 4) is 6.07 Å². The minimum absolute atomic E-state index is 0.489. The Kier molecular flexibility index (Phi) is 3.47. The van der Waals surface area contributed by atoms with Crippen LogP contribution in [0.1, 0.15) is 36.4 Å². The van der Waals surface area contributed by atoms with Crippen molar-refractivity contribution in [2.24, 2.45) is 0 Å². The van der Waals surface area contributed by atoms with E-state index in [0.717, 1.165) is 26.8 Å². The molecule has 2 aromatic rings. The Hall–Kier alpha value is -1.48. The van der Waals surface area contributed by atoms with Crippen LogP contribution in [0.5, 0.6) is 0 Å². The monoisotopic (exact) mass is 290 g/mol. The van der Waals surface area contributed by atoms with E-state index in [0.29, 0.717) is 18.9 Å². The van der Waals surface area contributed by atoms with Crippen LogP contribution in [-0.2, 0) is 17.0 Å². The minimum atomic E-state index is 0.489. The molecule has 2 N–H and O–H groups in total. The van der Waals surface area contributed by atoms with Crippen molar-refractivity contribution in [2.45, 2.75) is 25.2 Å². The van der Waals surface area contributed by atoms with Gasteiger partial charge in [-0.1, -0.05) is 0 Å². The number of hydrogen-bond acceptors (Lipinski definition) is 4. The summed E-state index contributed by atoms with van der Waals surface area (Å²) in [4.78, 5) is 12.3. The van der Waals surface area contributed by atoms with Gasteiger partial charge < -0.3 is 0 Å². The van der Waals surface area contributed by atoms with E-state index in [1.807, 2.05) is 12.4 Å². The first-order chi connectivity index (χ1) is 9.29. The SMILES string of the molecule is N#CCCN[C](=[V])c1c[nH]c2ncc(C3CC3)nc12. The number of hydrogen-bond donors (Lipinski definition) is 2. The second kappa shape index (κ2) is 5.26. The Morgan fingerprint density at radius 1 is 1.58 bits per heavy atom. The van der Waals surface area contributed by atoms with Crippen LogP contribution in [0.15, 0.2) is 12.4 Å². The van der Waals surface area contributed by atoms with Crippen LogP contribution in [-0.4, -0.2) is 25.8 Å². The zero-order chi connectivity index (χ0) is 13.2. The van der Waals surface area contributed by atoms with Crippen molar-refractivity contribution in [1.29, 1.82) is 5.26 Å². The van der Waals surface area contributed by atoms with Crippen LogP contribution in [0.3, 0.4) is 0 Å². The van der Waals surface area contributed by atoms with Gasteiger partial charge in [-0.2, -0.15) is 0 Å². The standard InChI is InChI=1S/C13H13N5.V/c14-4-1-5-15-6-10-7-16-13-12(10)18-11(8-17-13)9-2-3-9;/h7-9,15H,1-3,5H2,(H,16,17);. The second-order valence-corrected chi connectivity index (χ2v) is 5.35. The Balaban J connectivity index is 1.88. The molecule has 0 bridgehead atoms. The summed E-state index contributed by atoms with van der Waals surface area (Å²) in [6, 6.07) is 2.12. The van der Waals surface area contributed by atoms with Crippen molar-refractivity contribution in [3.05, 3.63) is 23.7 Å². The van der Waals surface area contributed by atoms with E-state index in [9.17, 15) is 0 Å². The van der Waals surface area contributed by atoms with E-state index in [4.69, 9.17) is 10.2 Å². The Morgan fingerprint density at radius 3 is 3.16 bits per heavy atom. The molecule has 0 amide bonds. The first-order valence-electron chi connectivity index (χ1n) is 6.30. The summed E-state index contributed by atoms with van der Waals surface area (Å²) in [5.41, 5.74) is 3.82. The Morgan fingerprint density at radius 2 is 2.42 bits per heavy atom. The number of rotatable bonds is 5. The number of aromatic amines is 1. The summed E-state index contributed by atoms with van der Waals surface area (Å²) in [7, 11) is 0. The van der Waals surface area contributed by atoms with Gasteiger partial charge in [0.05, 0.1) is 0 Å². The number of nitriles is 1. The molecule has 0 spiro atoms. The van der Waals surface area contributed by atoms with Crippen molar-refractivity contribution in [1.82, 2.24) is 20.3 Å². The molecule has 2 aromatic heterocycles. The third-order valence-electron chi connectivity index (χ3n) is 3.18. The Labute approximate surface area is 119 Å². The number of H-pyrrole nitrogens is 1. The first kappa shape index (κ1) is 12.6. The average molecular weight is 290 g/mol. The van der Waals surface area contributed by atoms with Crippen molar-refractivity contribution < 1.29 is 17.0 Å². The summed E-state index contributed by atoms with van der Waals surface area (Å²) in [6.45, 7) is 0.642. The summed E-state index contributed by atoms with van der Waals surface area (Å²) in [5, 5.41) is 11.8. The molecule has 0 radical (unpaired) electrons. The first-order valence-corrected chi connectivity index (χ1v) is 7.00. The number of nitrogens with one attached hydrogen (secondary N) is 2. The zero-order valence-electron chi connectivity index (χ0n) is 10.3. The van der Waals surface area contributed by atoms with Gasteiger partial charge in [0.2, 0.25) is 0 Å². The van der Waals surface area contributed by atoms with Gasteiger partial charge in [-0.05, 0) is 0 Å². The van der Waals surface area contributed by atoms with Gasteiger partial charge in [-0.3, -0.25) is 0 Å². The zero-order valence-corrected chi connectivity index (χ0v) is 11.7. The third-order valence-corrected chi connectivity index (χ3v) is 3.80. The van der Waals surface area contributed by atoms with Gasteiger partial charge in [0, 0.05) is 0 Å². The summed E-state index contributed by atoms with van der Waals surface area (Å²) in [6.07, 6.45) is 6.71. The number of aromatic nitrogens is 3. The Bertz CT molecular complexity index is 665. The van der Waals surface area contributed by atoms with Crippen LogP contribution in [0, 0.1) is 11.3 Å². The maximum atomic E-state index is 8.55. The fourth-order valence-electron chi connectivity index (χ4n) is 1.99. The molecule has 1 fully saturated rings. The molecule has 19 heavy (non-hydrogen) atoms. The van der Waals surface area contributed by atoms with Crippen LogP contribution < -0.4 is 5.32 Å². The molecule has 0 unspecified atom stereocenters. The van der Waals surface area contributed by atoms with Crippen LogP contribution in [0.25, 0.3) is 11.2 Å². The van der Waals surface area contributed by atoms with Gasteiger partial charge >= 0.3 is 119 Å². The molecule has 0 atom stereocenters. The average Bonchev–Trinajstić information content (AvgIpc) is 3.18. The second-order valence-electron chi connectivity index (χ2n) is 4.65. The van der Waals surface area contributed by atoms with E-state index in [2.05, 4.69) is 38.3 Å².